The number of nitrogens with zero attached hydrogens (tertiary/aromatic N) is 2. The minimum atomic E-state index is 0.111. The summed E-state index contributed by atoms with van der Waals surface area (Å²) < 4.78 is 2.01. The zero-order valence-corrected chi connectivity index (χ0v) is 9.52. The molecule has 0 amide bonds. The van der Waals surface area contributed by atoms with Crippen LogP contribution in [-0.4, -0.2) is 9.78 Å². The van der Waals surface area contributed by atoms with E-state index < -0.39 is 0 Å². The zero-order valence-electron chi connectivity index (χ0n) is 8.76. The van der Waals surface area contributed by atoms with E-state index in [-0.39, 0.29) is 5.38 Å². The van der Waals surface area contributed by atoms with Crippen LogP contribution < -0.4 is 0 Å². The van der Waals surface area contributed by atoms with E-state index in [2.05, 4.69) is 25.9 Å². The molecule has 0 aliphatic rings. The summed E-state index contributed by atoms with van der Waals surface area (Å²) in [5, 5.41) is 4.54. The van der Waals surface area contributed by atoms with Gasteiger partial charge in [0.05, 0.1) is 11.1 Å². The normalized spacial score (nSPS) is 13.3. The van der Waals surface area contributed by atoms with Crippen LogP contribution in [0.5, 0.6) is 0 Å². The number of halogens is 1. The van der Waals surface area contributed by atoms with Gasteiger partial charge in [0.1, 0.15) is 0 Å². The lowest BCUT2D eigenvalue weighted by Crippen LogP contribution is -1.99. The standard InChI is InChI=1S/C10H17ClN2/c1-5-9(11)10-7(3)12-13(6-2)8(10)4/h9H,5-6H2,1-4H3. The molecule has 0 spiro atoms. The Morgan fingerprint density at radius 3 is 2.38 bits per heavy atom. The first kappa shape index (κ1) is 10.6. The maximum atomic E-state index is 6.22. The molecule has 1 rings (SSSR count). The Hall–Kier alpha value is -0.500. The van der Waals surface area contributed by atoms with Crippen LogP contribution in [0, 0.1) is 13.8 Å². The summed E-state index contributed by atoms with van der Waals surface area (Å²) in [4.78, 5) is 0. The van der Waals surface area contributed by atoms with Gasteiger partial charge in [0.15, 0.2) is 0 Å². The highest BCUT2D eigenvalue weighted by Gasteiger charge is 2.16. The van der Waals surface area contributed by atoms with Crippen molar-refractivity contribution in [1.29, 1.82) is 0 Å². The van der Waals surface area contributed by atoms with Gasteiger partial charge >= 0.3 is 0 Å². The van der Waals surface area contributed by atoms with Crippen LogP contribution in [0.15, 0.2) is 0 Å². The molecule has 0 aliphatic carbocycles. The van der Waals surface area contributed by atoms with Crippen molar-refractivity contribution >= 4 is 11.6 Å². The van der Waals surface area contributed by atoms with Crippen LogP contribution in [0.4, 0.5) is 0 Å². The molecule has 0 fully saturated rings. The van der Waals surface area contributed by atoms with Gasteiger partial charge in [-0.25, -0.2) is 0 Å². The van der Waals surface area contributed by atoms with Gasteiger partial charge < -0.3 is 0 Å². The SMILES string of the molecule is CCC(Cl)c1c(C)nn(CC)c1C. The Morgan fingerprint density at radius 2 is 2.00 bits per heavy atom. The molecule has 2 nitrogen and oxygen atoms in total. The van der Waals surface area contributed by atoms with Crippen molar-refractivity contribution in [2.75, 3.05) is 0 Å². The van der Waals surface area contributed by atoms with Gasteiger partial charge in [0.25, 0.3) is 0 Å². The molecule has 0 bridgehead atoms. The topological polar surface area (TPSA) is 17.8 Å². The smallest absolute Gasteiger partial charge is 0.0643 e. The average molecular weight is 201 g/mol. The highest BCUT2D eigenvalue weighted by atomic mass is 35.5. The quantitative estimate of drug-likeness (QED) is 0.686. The molecule has 0 saturated heterocycles. The number of hydrogen-bond acceptors (Lipinski definition) is 1. The zero-order chi connectivity index (χ0) is 10.0. The average Bonchev–Trinajstić information content (AvgIpc) is 2.40. The van der Waals surface area contributed by atoms with Crippen LogP contribution in [0.2, 0.25) is 0 Å². The first-order valence-electron chi connectivity index (χ1n) is 4.79. The third-order valence-electron chi connectivity index (χ3n) is 2.41. The molecule has 1 heterocycles. The Kier molecular flexibility index (Phi) is 3.37. The van der Waals surface area contributed by atoms with Gasteiger partial charge in [-0.2, -0.15) is 5.10 Å². The number of hydrogen-bond donors (Lipinski definition) is 0. The van der Waals surface area contributed by atoms with Gasteiger partial charge in [0.2, 0.25) is 0 Å². The van der Waals surface area contributed by atoms with Crippen molar-refractivity contribution in [3.63, 3.8) is 0 Å². The van der Waals surface area contributed by atoms with Crippen LogP contribution in [-0.2, 0) is 6.54 Å². The molecule has 3 heteroatoms. The van der Waals surface area contributed by atoms with E-state index in [1.165, 1.54) is 11.3 Å². The van der Waals surface area contributed by atoms with E-state index in [0.717, 1.165) is 18.7 Å². The summed E-state index contributed by atoms with van der Waals surface area (Å²) in [6.07, 6.45) is 0.957. The van der Waals surface area contributed by atoms with Crippen molar-refractivity contribution in [3.05, 3.63) is 17.0 Å². The van der Waals surface area contributed by atoms with E-state index in [0.29, 0.717) is 0 Å². The lowest BCUT2D eigenvalue weighted by Gasteiger charge is -2.07. The third-order valence-corrected chi connectivity index (χ3v) is 2.94. The maximum Gasteiger partial charge on any atom is 0.0643 e. The monoisotopic (exact) mass is 200 g/mol. The van der Waals surface area contributed by atoms with Crippen molar-refractivity contribution in [2.24, 2.45) is 0 Å². The first-order chi connectivity index (χ1) is 6.11. The largest absolute Gasteiger partial charge is 0.270 e. The molecular weight excluding hydrogens is 184 g/mol. The molecule has 1 aromatic heterocycles. The van der Waals surface area contributed by atoms with Gasteiger partial charge in [-0.05, 0) is 27.2 Å². The summed E-state index contributed by atoms with van der Waals surface area (Å²) in [6.45, 7) is 9.22. The highest BCUT2D eigenvalue weighted by molar-refractivity contribution is 6.20. The molecule has 0 N–H and O–H groups in total. The Morgan fingerprint density at radius 1 is 1.38 bits per heavy atom. The molecule has 1 aromatic rings. The second-order valence-corrected chi connectivity index (χ2v) is 3.80. The number of alkyl halides is 1. The van der Waals surface area contributed by atoms with Crippen LogP contribution in [0.1, 0.15) is 42.6 Å². The fourth-order valence-electron chi connectivity index (χ4n) is 1.68. The predicted octanol–water partition coefficient (Wildman–Crippen LogP) is 3.21. The molecule has 1 atom stereocenters. The molecule has 0 aromatic carbocycles. The molecule has 13 heavy (non-hydrogen) atoms. The van der Waals surface area contributed by atoms with E-state index in [9.17, 15) is 0 Å². The molecule has 1 unspecified atom stereocenters. The number of aryl methyl sites for hydroxylation is 2. The second-order valence-electron chi connectivity index (χ2n) is 3.28. The van der Waals surface area contributed by atoms with Gasteiger partial charge in [-0.15, -0.1) is 11.6 Å². The lowest BCUT2D eigenvalue weighted by molar-refractivity contribution is 0.633. The summed E-state index contributed by atoms with van der Waals surface area (Å²) in [5.41, 5.74) is 3.49. The van der Waals surface area contributed by atoms with Crippen molar-refractivity contribution in [2.45, 2.75) is 46.0 Å². The van der Waals surface area contributed by atoms with E-state index in [4.69, 9.17) is 11.6 Å². The molecular formula is C10H17ClN2. The fraction of sp³-hybridized carbons (Fsp3) is 0.700. The summed E-state index contributed by atoms with van der Waals surface area (Å²) in [5.74, 6) is 0. The second kappa shape index (κ2) is 4.14. The van der Waals surface area contributed by atoms with Gasteiger partial charge in [-0.1, -0.05) is 6.92 Å². The predicted molar refractivity (Wildman–Crippen MR) is 56.3 cm³/mol. The number of aromatic nitrogens is 2. The highest BCUT2D eigenvalue weighted by Crippen LogP contribution is 2.29. The Balaban J connectivity index is 3.12. The van der Waals surface area contributed by atoms with E-state index in [1.54, 1.807) is 0 Å². The van der Waals surface area contributed by atoms with Crippen LogP contribution in [0.3, 0.4) is 0 Å². The molecule has 0 saturated carbocycles. The Labute approximate surface area is 84.9 Å². The molecule has 0 radical (unpaired) electrons. The molecule has 74 valence electrons. The minimum absolute atomic E-state index is 0.111. The van der Waals surface area contributed by atoms with Crippen molar-refractivity contribution in [3.8, 4) is 0 Å². The van der Waals surface area contributed by atoms with Gasteiger partial charge in [0, 0.05) is 17.8 Å². The summed E-state index contributed by atoms with van der Waals surface area (Å²) >= 11 is 6.22. The molecule has 0 aliphatic heterocycles. The van der Waals surface area contributed by atoms with E-state index in [1.807, 2.05) is 11.6 Å². The Bertz CT molecular complexity index is 291. The minimum Gasteiger partial charge on any atom is -0.270 e. The van der Waals surface area contributed by atoms with Crippen LogP contribution >= 0.6 is 11.6 Å². The lowest BCUT2D eigenvalue weighted by atomic mass is 10.1. The first-order valence-corrected chi connectivity index (χ1v) is 5.23. The van der Waals surface area contributed by atoms with Crippen molar-refractivity contribution in [1.82, 2.24) is 9.78 Å². The summed E-state index contributed by atoms with van der Waals surface area (Å²) in [6, 6.07) is 0. The summed E-state index contributed by atoms with van der Waals surface area (Å²) in [7, 11) is 0. The van der Waals surface area contributed by atoms with E-state index >= 15 is 0 Å². The fourth-order valence-corrected chi connectivity index (χ4v) is 1.99. The van der Waals surface area contributed by atoms with Crippen LogP contribution in [0.25, 0.3) is 0 Å². The maximum absolute atomic E-state index is 6.22. The van der Waals surface area contributed by atoms with Crippen molar-refractivity contribution < 1.29 is 0 Å². The number of rotatable bonds is 3. The van der Waals surface area contributed by atoms with Gasteiger partial charge in [-0.3, -0.25) is 4.68 Å². The third kappa shape index (κ3) is 1.88.